The average Bonchev–Trinajstić information content (AvgIpc) is 2.43. The summed E-state index contributed by atoms with van der Waals surface area (Å²) in [6.07, 6.45) is 2.51. The van der Waals surface area contributed by atoms with Crippen LogP contribution in [0.3, 0.4) is 0 Å². The highest BCUT2D eigenvalue weighted by Crippen LogP contribution is 2.20. The van der Waals surface area contributed by atoms with Gasteiger partial charge < -0.3 is 15.0 Å². The quantitative estimate of drug-likeness (QED) is 0.881. The van der Waals surface area contributed by atoms with Crippen molar-refractivity contribution < 1.29 is 14.7 Å². The lowest BCUT2D eigenvalue weighted by atomic mass is 10.2. The molecule has 0 aliphatic rings. The summed E-state index contributed by atoms with van der Waals surface area (Å²) in [7, 11) is 0. The lowest BCUT2D eigenvalue weighted by Crippen LogP contribution is -2.22. The van der Waals surface area contributed by atoms with E-state index >= 15 is 0 Å². The van der Waals surface area contributed by atoms with E-state index in [4.69, 9.17) is 5.11 Å². The number of pyridine rings is 1. The van der Waals surface area contributed by atoms with E-state index in [1.807, 2.05) is 6.07 Å². The second kappa shape index (κ2) is 6.36. The topological polar surface area (TPSA) is 88.4 Å². The van der Waals surface area contributed by atoms with E-state index in [0.29, 0.717) is 5.69 Å². The third kappa shape index (κ3) is 3.79. The van der Waals surface area contributed by atoms with Crippen LogP contribution in [0.4, 0.5) is 5.69 Å². The second-order valence-corrected chi connectivity index (χ2v) is 5.08. The van der Waals surface area contributed by atoms with E-state index in [1.165, 1.54) is 10.8 Å². The summed E-state index contributed by atoms with van der Waals surface area (Å²) in [6.45, 7) is -0.0953. The van der Waals surface area contributed by atoms with Crippen molar-refractivity contribution in [3.8, 4) is 0 Å². The van der Waals surface area contributed by atoms with Gasteiger partial charge in [-0.25, -0.2) is 4.79 Å². The zero-order chi connectivity index (χ0) is 15.4. The van der Waals surface area contributed by atoms with Gasteiger partial charge in [0, 0.05) is 22.9 Å². The number of anilines is 1. The van der Waals surface area contributed by atoms with Crippen LogP contribution in [0.1, 0.15) is 10.4 Å². The first-order valence-corrected chi connectivity index (χ1v) is 6.74. The predicted octanol–water partition coefficient (Wildman–Crippen LogP) is 1.95. The van der Waals surface area contributed by atoms with Gasteiger partial charge in [0.05, 0.1) is 5.69 Å². The number of nitrogens with zero attached hydrogens (tertiary/aromatic N) is 1. The van der Waals surface area contributed by atoms with E-state index in [0.717, 1.165) is 16.7 Å². The Morgan fingerprint density at radius 2 is 1.95 bits per heavy atom. The van der Waals surface area contributed by atoms with Crippen LogP contribution in [0.25, 0.3) is 0 Å². The van der Waals surface area contributed by atoms with E-state index in [2.05, 4.69) is 21.2 Å². The Bertz CT molecular complexity index is 755. The number of carboxylic acids is 1. The molecule has 0 aliphatic carbocycles. The Morgan fingerprint density at radius 1 is 1.24 bits per heavy atom. The number of carbonyl (C=O) groups is 2. The lowest BCUT2D eigenvalue weighted by Gasteiger charge is -2.09. The molecule has 0 spiro atoms. The summed E-state index contributed by atoms with van der Waals surface area (Å²) < 4.78 is 2.08. The van der Waals surface area contributed by atoms with Crippen molar-refractivity contribution in [1.29, 1.82) is 0 Å². The molecular weight excluding hydrogens is 340 g/mol. The van der Waals surface area contributed by atoms with Crippen LogP contribution in [-0.4, -0.2) is 21.6 Å². The molecule has 0 saturated carbocycles. The maximum atomic E-state index is 11.9. The number of hydrogen-bond donors (Lipinski definition) is 2. The molecule has 2 N–H and O–H groups in total. The minimum atomic E-state index is -1.32. The highest BCUT2D eigenvalue weighted by atomic mass is 79.9. The molecule has 21 heavy (non-hydrogen) atoms. The van der Waals surface area contributed by atoms with Crippen LogP contribution in [0.2, 0.25) is 0 Å². The van der Waals surface area contributed by atoms with E-state index < -0.39 is 11.4 Å². The second-order valence-electron chi connectivity index (χ2n) is 4.23. The number of amides is 1. The van der Waals surface area contributed by atoms with Crippen molar-refractivity contribution in [2.75, 3.05) is 5.32 Å². The van der Waals surface area contributed by atoms with E-state index in [-0.39, 0.29) is 18.0 Å². The Balaban J connectivity index is 2.13. The largest absolute Gasteiger partial charge is 0.477 e. The molecule has 0 aliphatic heterocycles. The van der Waals surface area contributed by atoms with Crippen molar-refractivity contribution >= 4 is 33.5 Å². The number of carbonyl (C=O) groups excluding carboxylic acids is 1. The van der Waals surface area contributed by atoms with Crippen LogP contribution in [0.15, 0.2) is 52.0 Å². The standard InChI is InChI=1S/C14H11BrN2O4/c15-10-3-1-2-4-11(10)16-13(19)8-17-6-5-12(18)9(7-17)14(20)21/h1-7H,8H2,(H,16,19)(H,20,21). The number of aromatic nitrogens is 1. The van der Waals surface area contributed by atoms with Crippen LogP contribution in [0.5, 0.6) is 0 Å². The fraction of sp³-hybridized carbons (Fsp3) is 0.0714. The predicted molar refractivity (Wildman–Crippen MR) is 80.4 cm³/mol. The van der Waals surface area contributed by atoms with Crippen molar-refractivity contribution in [3.05, 3.63) is 63.0 Å². The third-order valence-electron chi connectivity index (χ3n) is 2.68. The first-order valence-electron chi connectivity index (χ1n) is 5.95. The number of para-hydroxylation sites is 1. The average molecular weight is 351 g/mol. The lowest BCUT2D eigenvalue weighted by molar-refractivity contribution is -0.116. The molecule has 108 valence electrons. The van der Waals surface area contributed by atoms with Crippen molar-refractivity contribution in [1.82, 2.24) is 4.57 Å². The molecule has 1 aromatic carbocycles. The molecule has 0 atom stereocenters. The van der Waals surface area contributed by atoms with Gasteiger partial charge >= 0.3 is 5.97 Å². The van der Waals surface area contributed by atoms with E-state index in [9.17, 15) is 14.4 Å². The molecule has 1 heterocycles. The highest BCUT2D eigenvalue weighted by Gasteiger charge is 2.10. The molecule has 7 heteroatoms. The Morgan fingerprint density at radius 3 is 2.62 bits per heavy atom. The smallest absolute Gasteiger partial charge is 0.341 e. The zero-order valence-electron chi connectivity index (χ0n) is 10.7. The number of rotatable bonds is 4. The van der Waals surface area contributed by atoms with Crippen LogP contribution >= 0.6 is 15.9 Å². The molecule has 0 radical (unpaired) electrons. The number of nitrogens with one attached hydrogen (secondary N) is 1. The molecule has 0 fully saturated rings. The van der Waals surface area contributed by atoms with Gasteiger partial charge in [-0.05, 0) is 28.1 Å². The third-order valence-corrected chi connectivity index (χ3v) is 3.37. The summed E-state index contributed by atoms with van der Waals surface area (Å²) in [5.74, 6) is -1.65. The Labute approximate surface area is 128 Å². The van der Waals surface area contributed by atoms with Gasteiger partial charge in [-0.1, -0.05) is 12.1 Å². The molecular formula is C14H11BrN2O4. The van der Waals surface area contributed by atoms with Gasteiger partial charge in [-0.2, -0.15) is 0 Å². The monoisotopic (exact) mass is 350 g/mol. The summed E-state index contributed by atoms with van der Waals surface area (Å²) in [5, 5.41) is 11.6. The van der Waals surface area contributed by atoms with Gasteiger partial charge in [0.15, 0.2) is 5.43 Å². The molecule has 1 aromatic heterocycles. The summed E-state index contributed by atoms with van der Waals surface area (Å²) in [5.41, 5.74) is -0.349. The van der Waals surface area contributed by atoms with Gasteiger partial charge in [0.1, 0.15) is 12.1 Å². The maximum Gasteiger partial charge on any atom is 0.341 e. The first-order chi connectivity index (χ1) is 9.97. The van der Waals surface area contributed by atoms with Crippen LogP contribution in [-0.2, 0) is 11.3 Å². The normalized spacial score (nSPS) is 10.1. The SMILES string of the molecule is O=C(Cn1ccc(=O)c(C(=O)O)c1)Nc1ccccc1Br. The summed E-state index contributed by atoms with van der Waals surface area (Å²) >= 11 is 3.31. The van der Waals surface area contributed by atoms with Crippen LogP contribution in [0, 0.1) is 0 Å². The number of carboxylic acid groups (broad SMARTS) is 1. The minimum absolute atomic E-state index is 0.0953. The van der Waals surface area contributed by atoms with Crippen molar-refractivity contribution in [2.24, 2.45) is 0 Å². The maximum absolute atomic E-state index is 11.9. The summed E-state index contributed by atoms with van der Waals surface area (Å²) in [4.78, 5) is 34.1. The molecule has 2 aromatic rings. The number of benzene rings is 1. The van der Waals surface area contributed by atoms with Crippen molar-refractivity contribution in [2.45, 2.75) is 6.54 Å². The van der Waals surface area contributed by atoms with Gasteiger partial charge in [-0.3, -0.25) is 9.59 Å². The number of hydrogen-bond acceptors (Lipinski definition) is 3. The molecule has 0 bridgehead atoms. The molecule has 6 nitrogen and oxygen atoms in total. The molecule has 0 saturated heterocycles. The number of aromatic carboxylic acids is 1. The highest BCUT2D eigenvalue weighted by molar-refractivity contribution is 9.10. The fourth-order valence-electron chi connectivity index (χ4n) is 1.70. The molecule has 0 unspecified atom stereocenters. The molecule has 2 rings (SSSR count). The minimum Gasteiger partial charge on any atom is -0.477 e. The number of halogens is 1. The zero-order valence-corrected chi connectivity index (χ0v) is 12.3. The van der Waals surface area contributed by atoms with Crippen LogP contribution < -0.4 is 10.7 Å². The summed E-state index contributed by atoms with van der Waals surface area (Å²) in [6, 6.07) is 8.24. The van der Waals surface area contributed by atoms with Gasteiger partial charge in [0.25, 0.3) is 0 Å². The van der Waals surface area contributed by atoms with E-state index in [1.54, 1.807) is 18.2 Å². The Kier molecular flexibility index (Phi) is 4.54. The first kappa shape index (κ1) is 15.0. The molecule has 1 amide bonds. The van der Waals surface area contributed by atoms with Gasteiger partial charge in [0.2, 0.25) is 5.91 Å². The van der Waals surface area contributed by atoms with Gasteiger partial charge in [-0.15, -0.1) is 0 Å². The fourth-order valence-corrected chi connectivity index (χ4v) is 2.09. The Hall–Kier alpha value is -2.41. The van der Waals surface area contributed by atoms with Crippen molar-refractivity contribution in [3.63, 3.8) is 0 Å².